The van der Waals surface area contributed by atoms with E-state index in [0.717, 1.165) is 0 Å². The average Bonchev–Trinajstić information content (AvgIpc) is 2.28. The van der Waals surface area contributed by atoms with Crippen LogP contribution in [0.4, 0.5) is 4.39 Å². The van der Waals surface area contributed by atoms with Crippen LogP contribution >= 0.6 is 0 Å². The molecular formula is C12H15FN2O. The fourth-order valence-electron chi connectivity index (χ4n) is 1.23. The maximum absolute atomic E-state index is 13.2. The van der Waals surface area contributed by atoms with Crippen molar-refractivity contribution < 1.29 is 9.13 Å². The van der Waals surface area contributed by atoms with Crippen LogP contribution in [-0.4, -0.2) is 19.2 Å². The average molecular weight is 222 g/mol. The van der Waals surface area contributed by atoms with E-state index in [1.807, 2.05) is 6.92 Å². The van der Waals surface area contributed by atoms with Crippen LogP contribution in [-0.2, 0) is 0 Å². The number of nitrogens with zero attached hydrogens (tertiary/aromatic N) is 1. The summed E-state index contributed by atoms with van der Waals surface area (Å²) in [7, 11) is 0. The maximum Gasteiger partial charge on any atom is 0.130 e. The first-order valence-electron chi connectivity index (χ1n) is 5.19. The molecule has 0 spiro atoms. The van der Waals surface area contributed by atoms with E-state index in [9.17, 15) is 4.39 Å². The first-order chi connectivity index (χ1) is 7.67. The molecule has 0 heterocycles. The maximum atomic E-state index is 13.2. The van der Waals surface area contributed by atoms with Crippen molar-refractivity contribution in [3.05, 3.63) is 29.6 Å². The van der Waals surface area contributed by atoms with Gasteiger partial charge in [0.15, 0.2) is 0 Å². The molecule has 1 atom stereocenters. The summed E-state index contributed by atoms with van der Waals surface area (Å²) in [4.78, 5) is 0. The highest BCUT2D eigenvalue weighted by Crippen LogP contribution is 2.15. The van der Waals surface area contributed by atoms with Crippen LogP contribution in [0.15, 0.2) is 18.2 Å². The molecule has 1 unspecified atom stereocenters. The van der Waals surface area contributed by atoms with E-state index in [1.165, 1.54) is 6.07 Å². The van der Waals surface area contributed by atoms with Crippen molar-refractivity contribution in [2.45, 2.75) is 19.9 Å². The molecule has 0 amide bonds. The molecule has 4 heteroatoms. The highest BCUT2D eigenvalue weighted by molar-refractivity contribution is 5.28. The Morgan fingerprint density at radius 3 is 2.88 bits per heavy atom. The predicted octanol–water partition coefficient (Wildman–Crippen LogP) is 2.01. The Hall–Kier alpha value is -1.60. The molecule has 0 fully saturated rings. The van der Waals surface area contributed by atoms with E-state index in [2.05, 4.69) is 11.4 Å². The molecule has 1 aromatic carbocycles. The van der Waals surface area contributed by atoms with Gasteiger partial charge in [-0.25, -0.2) is 4.39 Å². The number of benzene rings is 1. The van der Waals surface area contributed by atoms with Crippen molar-refractivity contribution in [2.75, 3.05) is 13.2 Å². The minimum atomic E-state index is -0.366. The second-order valence-electron chi connectivity index (χ2n) is 3.46. The van der Waals surface area contributed by atoms with Crippen LogP contribution in [0, 0.1) is 24.1 Å². The highest BCUT2D eigenvalue weighted by Gasteiger charge is 2.07. The molecule has 0 saturated carbocycles. The molecule has 1 aromatic rings. The lowest BCUT2D eigenvalue weighted by molar-refractivity contribution is 0.289. The summed E-state index contributed by atoms with van der Waals surface area (Å²) < 4.78 is 18.5. The van der Waals surface area contributed by atoms with Gasteiger partial charge in [0.2, 0.25) is 0 Å². The third-order valence-electron chi connectivity index (χ3n) is 2.17. The number of halogens is 1. The monoisotopic (exact) mass is 222 g/mol. The summed E-state index contributed by atoms with van der Waals surface area (Å²) >= 11 is 0. The van der Waals surface area contributed by atoms with Gasteiger partial charge < -0.3 is 4.74 Å². The van der Waals surface area contributed by atoms with E-state index < -0.39 is 0 Å². The standard InChI is InChI=1S/C12H15FN2O/c1-3-15-10(7-14)8-16-11-5-4-9(2)12(13)6-11/h4-6,10,15H,3,8H2,1-2H3. The third kappa shape index (κ3) is 3.52. The summed E-state index contributed by atoms with van der Waals surface area (Å²) in [6.07, 6.45) is 0. The molecule has 0 bridgehead atoms. The molecule has 86 valence electrons. The Morgan fingerprint density at radius 2 is 2.31 bits per heavy atom. The molecule has 0 aliphatic heterocycles. The van der Waals surface area contributed by atoms with Crippen molar-refractivity contribution in [3.63, 3.8) is 0 Å². The van der Waals surface area contributed by atoms with Crippen molar-refractivity contribution in [2.24, 2.45) is 0 Å². The third-order valence-corrected chi connectivity index (χ3v) is 2.17. The van der Waals surface area contributed by atoms with E-state index in [-0.39, 0.29) is 18.5 Å². The molecule has 0 aromatic heterocycles. The van der Waals surface area contributed by atoms with Crippen LogP contribution < -0.4 is 10.1 Å². The van der Waals surface area contributed by atoms with Gasteiger partial charge in [-0.2, -0.15) is 5.26 Å². The lowest BCUT2D eigenvalue weighted by Gasteiger charge is -2.11. The van der Waals surface area contributed by atoms with E-state index in [0.29, 0.717) is 17.9 Å². The van der Waals surface area contributed by atoms with E-state index in [1.54, 1.807) is 19.1 Å². The van der Waals surface area contributed by atoms with Gasteiger partial charge in [0.25, 0.3) is 0 Å². The molecular weight excluding hydrogens is 207 g/mol. The Kier molecular flexibility index (Phi) is 4.74. The van der Waals surface area contributed by atoms with Gasteiger partial charge in [-0.1, -0.05) is 13.0 Å². The number of hydrogen-bond donors (Lipinski definition) is 1. The van der Waals surface area contributed by atoms with Gasteiger partial charge in [0.1, 0.15) is 24.2 Å². The molecule has 0 aliphatic rings. The van der Waals surface area contributed by atoms with Crippen LogP contribution in [0.25, 0.3) is 0 Å². The summed E-state index contributed by atoms with van der Waals surface area (Å²) in [5.41, 5.74) is 0.580. The zero-order valence-electron chi connectivity index (χ0n) is 9.46. The highest BCUT2D eigenvalue weighted by atomic mass is 19.1. The summed E-state index contributed by atoms with van der Waals surface area (Å²) in [5, 5.41) is 11.7. The second-order valence-corrected chi connectivity index (χ2v) is 3.46. The minimum Gasteiger partial charge on any atom is -0.491 e. The number of aryl methyl sites for hydroxylation is 1. The summed E-state index contributed by atoms with van der Waals surface area (Å²) in [5.74, 6) is 0.149. The van der Waals surface area contributed by atoms with Crippen LogP contribution in [0.5, 0.6) is 5.75 Å². The van der Waals surface area contributed by atoms with Crippen molar-refractivity contribution in [3.8, 4) is 11.8 Å². The first-order valence-corrected chi connectivity index (χ1v) is 5.19. The van der Waals surface area contributed by atoms with Crippen molar-refractivity contribution in [1.29, 1.82) is 5.26 Å². The van der Waals surface area contributed by atoms with E-state index >= 15 is 0 Å². The SMILES string of the molecule is CCNC(C#N)COc1ccc(C)c(F)c1. The fraction of sp³-hybridized carbons (Fsp3) is 0.417. The zero-order chi connectivity index (χ0) is 12.0. The summed E-state index contributed by atoms with van der Waals surface area (Å²) in [6.45, 7) is 4.52. The van der Waals surface area contributed by atoms with Gasteiger partial charge in [-0.3, -0.25) is 5.32 Å². The summed E-state index contributed by atoms with van der Waals surface area (Å²) in [6, 6.07) is 6.38. The van der Waals surface area contributed by atoms with Crippen LogP contribution in [0.2, 0.25) is 0 Å². The lowest BCUT2D eigenvalue weighted by atomic mass is 10.2. The minimum absolute atomic E-state index is 0.215. The molecule has 3 nitrogen and oxygen atoms in total. The molecule has 16 heavy (non-hydrogen) atoms. The molecule has 0 radical (unpaired) electrons. The predicted molar refractivity (Wildman–Crippen MR) is 59.7 cm³/mol. The lowest BCUT2D eigenvalue weighted by Crippen LogP contribution is -2.33. The smallest absolute Gasteiger partial charge is 0.130 e. The van der Waals surface area contributed by atoms with Gasteiger partial charge in [0.05, 0.1) is 6.07 Å². The Morgan fingerprint density at radius 1 is 1.56 bits per heavy atom. The van der Waals surface area contributed by atoms with Crippen LogP contribution in [0.1, 0.15) is 12.5 Å². The topological polar surface area (TPSA) is 45.0 Å². The molecule has 1 N–H and O–H groups in total. The first kappa shape index (κ1) is 12.5. The Bertz CT molecular complexity index is 387. The number of nitrogens with one attached hydrogen (secondary N) is 1. The van der Waals surface area contributed by atoms with Gasteiger partial charge in [-0.05, 0) is 25.1 Å². The fourth-order valence-corrected chi connectivity index (χ4v) is 1.23. The largest absolute Gasteiger partial charge is 0.491 e. The van der Waals surface area contributed by atoms with Crippen molar-refractivity contribution >= 4 is 0 Å². The van der Waals surface area contributed by atoms with Crippen molar-refractivity contribution in [1.82, 2.24) is 5.32 Å². The second kappa shape index (κ2) is 6.09. The van der Waals surface area contributed by atoms with Crippen LogP contribution in [0.3, 0.4) is 0 Å². The quantitative estimate of drug-likeness (QED) is 0.829. The molecule has 0 aliphatic carbocycles. The van der Waals surface area contributed by atoms with E-state index in [4.69, 9.17) is 10.00 Å². The Balaban J connectivity index is 2.54. The zero-order valence-corrected chi connectivity index (χ0v) is 9.46. The van der Waals surface area contributed by atoms with Gasteiger partial charge in [-0.15, -0.1) is 0 Å². The molecule has 1 rings (SSSR count). The van der Waals surface area contributed by atoms with Gasteiger partial charge >= 0.3 is 0 Å². The Labute approximate surface area is 94.8 Å². The number of likely N-dealkylation sites (N-methyl/N-ethyl adjacent to an activating group) is 1. The number of ether oxygens (including phenoxy) is 1. The normalized spacial score (nSPS) is 11.9. The molecule has 0 saturated heterocycles. The number of rotatable bonds is 5. The number of hydrogen-bond acceptors (Lipinski definition) is 3. The van der Waals surface area contributed by atoms with Gasteiger partial charge in [0, 0.05) is 6.07 Å². The number of nitriles is 1.